The van der Waals surface area contributed by atoms with Gasteiger partial charge in [0, 0.05) is 32.1 Å². The molecule has 2 aliphatic heterocycles. The fourth-order valence-electron chi connectivity index (χ4n) is 5.29. The van der Waals surface area contributed by atoms with Crippen LogP contribution in [-0.4, -0.2) is 36.0 Å². The summed E-state index contributed by atoms with van der Waals surface area (Å²) in [6.07, 6.45) is 14.5. The first-order valence-electron chi connectivity index (χ1n) is 12.0. The lowest BCUT2D eigenvalue weighted by atomic mass is 9.90. The van der Waals surface area contributed by atoms with Crippen molar-refractivity contribution in [3.8, 4) is 12.8 Å². The van der Waals surface area contributed by atoms with Gasteiger partial charge >= 0.3 is 0 Å². The van der Waals surface area contributed by atoms with E-state index in [1.807, 2.05) is 13.8 Å². The molecule has 2 heterocycles. The van der Waals surface area contributed by atoms with Crippen LogP contribution in [0.2, 0.25) is 0 Å². The Labute approximate surface area is 190 Å². The van der Waals surface area contributed by atoms with Gasteiger partial charge in [-0.15, -0.1) is 12.8 Å². The lowest BCUT2D eigenvalue weighted by molar-refractivity contribution is 0.315. The maximum Gasteiger partial charge on any atom is 0.0234 e. The molecule has 164 valence electrons. The minimum Gasteiger partial charge on any atom is -0.299 e. The fraction of sp³-hybridized carbons (Fsp3) is 0.448. The number of rotatable bonds is 5. The van der Waals surface area contributed by atoms with E-state index in [2.05, 4.69) is 83.3 Å². The fourth-order valence-corrected chi connectivity index (χ4v) is 5.29. The minimum atomic E-state index is 0.721. The van der Waals surface area contributed by atoms with Crippen molar-refractivity contribution in [3.05, 3.63) is 77.4 Å². The molecule has 31 heavy (non-hydrogen) atoms. The summed E-state index contributed by atoms with van der Waals surface area (Å²) >= 11 is 0. The molecule has 0 bridgehead atoms. The Bertz CT molecular complexity index is 828. The van der Waals surface area contributed by atoms with Crippen molar-refractivity contribution in [1.29, 1.82) is 0 Å². The number of hydrogen-bond donors (Lipinski definition) is 0. The zero-order chi connectivity index (χ0) is 22.1. The Morgan fingerprint density at radius 2 is 1.39 bits per heavy atom. The van der Waals surface area contributed by atoms with Gasteiger partial charge in [0.1, 0.15) is 0 Å². The van der Waals surface area contributed by atoms with Crippen molar-refractivity contribution in [2.24, 2.45) is 11.8 Å². The second-order valence-electron chi connectivity index (χ2n) is 8.62. The molecule has 0 spiro atoms. The van der Waals surface area contributed by atoms with Gasteiger partial charge in [0.05, 0.1) is 0 Å². The first kappa shape index (κ1) is 23.3. The Balaban J connectivity index is 0.000000645. The average molecular weight is 415 g/mol. The van der Waals surface area contributed by atoms with E-state index in [9.17, 15) is 0 Å². The number of allylic oxidation sites excluding steroid dienone is 1. The molecule has 0 N–H and O–H groups in total. The molecule has 5 rings (SSSR count). The van der Waals surface area contributed by atoms with E-state index in [1.165, 1.54) is 62.1 Å². The molecule has 0 radical (unpaired) electrons. The number of hydrogen-bond acceptors (Lipinski definition) is 2. The third kappa shape index (κ3) is 5.88. The van der Waals surface area contributed by atoms with Gasteiger partial charge < -0.3 is 0 Å². The highest BCUT2D eigenvalue weighted by Crippen LogP contribution is 2.43. The maximum atomic E-state index is 4.00. The van der Waals surface area contributed by atoms with Crippen LogP contribution in [0, 0.1) is 24.7 Å². The molecule has 1 unspecified atom stereocenters. The van der Waals surface area contributed by atoms with E-state index < -0.39 is 0 Å². The second kappa shape index (κ2) is 11.9. The predicted molar refractivity (Wildman–Crippen MR) is 133 cm³/mol. The van der Waals surface area contributed by atoms with Crippen LogP contribution >= 0.6 is 0 Å². The van der Waals surface area contributed by atoms with Crippen molar-refractivity contribution in [2.45, 2.75) is 46.2 Å². The van der Waals surface area contributed by atoms with Crippen LogP contribution in [0.4, 0.5) is 0 Å². The minimum absolute atomic E-state index is 0.721. The molecule has 0 amide bonds. The molecule has 0 saturated carbocycles. The highest BCUT2D eigenvalue weighted by Gasteiger charge is 2.38. The van der Waals surface area contributed by atoms with Crippen molar-refractivity contribution in [1.82, 2.24) is 9.80 Å². The Hall–Kier alpha value is -2.34. The third-order valence-corrected chi connectivity index (χ3v) is 6.70. The summed E-state index contributed by atoms with van der Waals surface area (Å²) in [6.45, 7) is 11.2. The highest BCUT2D eigenvalue weighted by atomic mass is 15.2. The average Bonchev–Trinajstić information content (AvgIpc) is 3.56. The Kier molecular flexibility index (Phi) is 8.95. The third-order valence-electron chi connectivity index (χ3n) is 6.70. The van der Waals surface area contributed by atoms with E-state index in [0.29, 0.717) is 0 Å². The van der Waals surface area contributed by atoms with Crippen LogP contribution in [0.15, 0.2) is 60.7 Å². The van der Waals surface area contributed by atoms with Crippen molar-refractivity contribution >= 4 is 5.57 Å². The van der Waals surface area contributed by atoms with Crippen LogP contribution in [0.3, 0.4) is 0 Å². The first-order valence-corrected chi connectivity index (χ1v) is 12.0. The van der Waals surface area contributed by atoms with E-state index in [4.69, 9.17) is 0 Å². The molecule has 2 heteroatoms. The van der Waals surface area contributed by atoms with E-state index >= 15 is 0 Å². The smallest absolute Gasteiger partial charge is 0.0234 e. The van der Waals surface area contributed by atoms with Gasteiger partial charge in [-0.25, -0.2) is 0 Å². The number of terminal acetylenes is 1. The first-order chi connectivity index (χ1) is 15.3. The van der Waals surface area contributed by atoms with Crippen LogP contribution in [-0.2, 0) is 13.1 Å². The van der Waals surface area contributed by atoms with Crippen molar-refractivity contribution < 1.29 is 0 Å². The molecule has 2 fully saturated rings. The quantitative estimate of drug-likeness (QED) is 0.546. The van der Waals surface area contributed by atoms with Crippen LogP contribution in [0.5, 0.6) is 0 Å². The summed E-state index contributed by atoms with van der Waals surface area (Å²) in [5.74, 6) is 1.53. The molecule has 2 atom stereocenters. The van der Waals surface area contributed by atoms with Crippen molar-refractivity contribution in [2.75, 3.05) is 26.2 Å². The van der Waals surface area contributed by atoms with Gasteiger partial charge in [-0.05, 0) is 60.5 Å². The van der Waals surface area contributed by atoms with Gasteiger partial charge in [0.2, 0.25) is 0 Å². The topological polar surface area (TPSA) is 6.48 Å². The lowest BCUT2D eigenvalue weighted by Crippen LogP contribution is -2.21. The van der Waals surface area contributed by atoms with Gasteiger partial charge in [-0.3, -0.25) is 9.80 Å². The maximum absolute atomic E-state index is 4.00. The summed E-state index contributed by atoms with van der Waals surface area (Å²) in [5.41, 5.74) is 5.96. The lowest BCUT2D eigenvalue weighted by Gasteiger charge is -2.18. The van der Waals surface area contributed by atoms with Crippen LogP contribution < -0.4 is 0 Å². The molecule has 2 saturated heterocycles. The Morgan fingerprint density at radius 3 is 2.06 bits per heavy atom. The van der Waals surface area contributed by atoms with Crippen molar-refractivity contribution in [3.63, 3.8) is 0 Å². The van der Waals surface area contributed by atoms with Gasteiger partial charge in [0.15, 0.2) is 0 Å². The van der Waals surface area contributed by atoms with Gasteiger partial charge in [0.25, 0.3) is 0 Å². The van der Waals surface area contributed by atoms with Gasteiger partial charge in [-0.1, -0.05) is 74.5 Å². The number of nitrogens with zero attached hydrogens (tertiary/aromatic N) is 2. The zero-order valence-electron chi connectivity index (χ0n) is 19.3. The standard InChI is InChI=1S/C25H30N2.C2H6.C2H2/c1-2-6-20(7-3-1)17-27-18-23-12-13-24(25(23)19-27)22-10-8-21(9-11-22)16-26-14-4-5-15-26;2*1-2/h1-3,6-11,13,23,25H,4-5,12,14-19H2;1-2H3;1-2H/t23-,25?;;/m1../s1. The predicted octanol–water partition coefficient (Wildman–Crippen LogP) is 6.09. The summed E-state index contributed by atoms with van der Waals surface area (Å²) in [6, 6.07) is 20.4. The summed E-state index contributed by atoms with van der Waals surface area (Å²) in [5, 5.41) is 0. The van der Waals surface area contributed by atoms with Gasteiger partial charge in [-0.2, -0.15) is 0 Å². The molecule has 1 aliphatic carbocycles. The van der Waals surface area contributed by atoms with E-state index in [-0.39, 0.29) is 0 Å². The normalized spacial score (nSPS) is 22.6. The zero-order valence-corrected chi connectivity index (χ0v) is 19.3. The summed E-state index contributed by atoms with van der Waals surface area (Å²) in [4.78, 5) is 5.23. The number of likely N-dealkylation sites (tertiary alicyclic amines) is 2. The molecular weight excluding hydrogens is 376 g/mol. The van der Waals surface area contributed by atoms with Crippen LogP contribution in [0.25, 0.3) is 5.57 Å². The monoisotopic (exact) mass is 414 g/mol. The van der Waals surface area contributed by atoms with Crippen LogP contribution in [0.1, 0.15) is 49.8 Å². The summed E-state index contributed by atoms with van der Waals surface area (Å²) in [7, 11) is 0. The molecule has 0 aromatic heterocycles. The second-order valence-corrected chi connectivity index (χ2v) is 8.62. The molecular formula is C29H38N2. The Morgan fingerprint density at radius 1 is 0.774 bits per heavy atom. The molecule has 2 aromatic carbocycles. The largest absolute Gasteiger partial charge is 0.299 e. The molecule has 3 aliphatic rings. The summed E-state index contributed by atoms with van der Waals surface area (Å²) < 4.78 is 0. The number of benzene rings is 2. The number of fused-ring (bicyclic) bond motifs is 1. The van der Waals surface area contributed by atoms with E-state index in [1.54, 1.807) is 5.57 Å². The van der Waals surface area contributed by atoms with E-state index in [0.717, 1.165) is 24.9 Å². The highest BCUT2D eigenvalue weighted by molar-refractivity contribution is 5.70. The molecule has 2 aromatic rings. The molecule has 2 nitrogen and oxygen atoms in total. The SMILES string of the molecule is C#C.C1=C(c2ccc(CN3CCCC3)cc2)C2CN(Cc3ccccc3)C[C@H]2C1.CC.